The lowest BCUT2D eigenvalue weighted by molar-refractivity contribution is 0.598. The van der Waals surface area contributed by atoms with E-state index >= 15 is 0 Å². The first kappa shape index (κ1) is 13.3. The SMILES string of the molecule is CNCC(Cc1cn2ccsc2n1)c1cccc(F)c1. The van der Waals surface area contributed by atoms with Gasteiger partial charge in [-0.15, -0.1) is 11.3 Å². The maximum atomic E-state index is 13.4. The van der Waals surface area contributed by atoms with Crippen LogP contribution in [0.3, 0.4) is 0 Å². The number of benzene rings is 1. The highest BCUT2D eigenvalue weighted by Crippen LogP contribution is 2.22. The summed E-state index contributed by atoms with van der Waals surface area (Å²) in [4.78, 5) is 5.60. The van der Waals surface area contributed by atoms with Gasteiger partial charge in [0.2, 0.25) is 0 Å². The van der Waals surface area contributed by atoms with Crippen LogP contribution in [0.25, 0.3) is 4.96 Å². The molecule has 1 unspecified atom stereocenters. The molecule has 0 saturated carbocycles. The smallest absolute Gasteiger partial charge is 0.193 e. The van der Waals surface area contributed by atoms with Crippen molar-refractivity contribution in [2.24, 2.45) is 0 Å². The third kappa shape index (κ3) is 2.73. The van der Waals surface area contributed by atoms with Gasteiger partial charge >= 0.3 is 0 Å². The van der Waals surface area contributed by atoms with Gasteiger partial charge in [0.1, 0.15) is 5.82 Å². The number of hydrogen-bond donors (Lipinski definition) is 1. The molecule has 104 valence electrons. The lowest BCUT2D eigenvalue weighted by atomic mass is 9.94. The molecule has 0 saturated heterocycles. The van der Waals surface area contributed by atoms with Crippen LogP contribution in [0.4, 0.5) is 4.39 Å². The number of likely N-dealkylation sites (N-methyl/N-ethyl adjacent to an activating group) is 1. The van der Waals surface area contributed by atoms with Crippen LogP contribution in [0.5, 0.6) is 0 Å². The molecule has 20 heavy (non-hydrogen) atoms. The van der Waals surface area contributed by atoms with E-state index in [4.69, 9.17) is 0 Å². The number of fused-ring (bicyclic) bond motifs is 1. The summed E-state index contributed by atoms with van der Waals surface area (Å²) in [5, 5.41) is 5.20. The standard InChI is InChI=1S/C15H16FN3S/c1-17-9-12(11-3-2-4-13(16)7-11)8-14-10-19-5-6-20-15(19)18-14/h2-7,10,12,17H,8-9H2,1H3. The van der Waals surface area contributed by atoms with E-state index in [9.17, 15) is 4.39 Å². The highest BCUT2D eigenvalue weighted by molar-refractivity contribution is 7.15. The fourth-order valence-corrected chi connectivity index (χ4v) is 3.16. The Balaban J connectivity index is 1.85. The normalized spacial score (nSPS) is 12.9. The Kier molecular flexibility index (Phi) is 3.80. The average Bonchev–Trinajstić information content (AvgIpc) is 2.99. The molecule has 0 spiro atoms. The first-order chi connectivity index (χ1) is 9.76. The van der Waals surface area contributed by atoms with E-state index in [1.54, 1.807) is 23.5 Å². The molecule has 1 atom stereocenters. The number of rotatable bonds is 5. The molecule has 2 aromatic heterocycles. The van der Waals surface area contributed by atoms with Gasteiger partial charge in [0.05, 0.1) is 5.69 Å². The van der Waals surface area contributed by atoms with Crippen LogP contribution >= 0.6 is 11.3 Å². The first-order valence-corrected chi connectivity index (χ1v) is 7.45. The lowest BCUT2D eigenvalue weighted by Gasteiger charge is -2.15. The van der Waals surface area contributed by atoms with E-state index in [2.05, 4.69) is 10.3 Å². The van der Waals surface area contributed by atoms with Gasteiger partial charge in [-0.3, -0.25) is 4.40 Å². The van der Waals surface area contributed by atoms with Crippen LogP contribution in [-0.4, -0.2) is 23.0 Å². The molecule has 0 fully saturated rings. The highest BCUT2D eigenvalue weighted by atomic mass is 32.1. The average molecular weight is 289 g/mol. The van der Waals surface area contributed by atoms with Gasteiger partial charge in [0.25, 0.3) is 0 Å². The number of thiazole rings is 1. The Bertz CT molecular complexity index is 675. The van der Waals surface area contributed by atoms with Gasteiger partial charge in [0.15, 0.2) is 4.96 Å². The lowest BCUT2D eigenvalue weighted by Crippen LogP contribution is -2.19. The maximum absolute atomic E-state index is 13.4. The Hall–Kier alpha value is -1.72. The van der Waals surface area contributed by atoms with Gasteiger partial charge in [-0.2, -0.15) is 0 Å². The highest BCUT2D eigenvalue weighted by Gasteiger charge is 2.14. The molecule has 0 amide bonds. The maximum Gasteiger partial charge on any atom is 0.193 e. The van der Waals surface area contributed by atoms with Crippen LogP contribution in [0.1, 0.15) is 17.2 Å². The molecule has 0 aliphatic rings. The largest absolute Gasteiger partial charge is 0.319 e. The summed E-state index contributed by atoms with van der Waals surface area (Å²) < 4.78 is 15.4. The Labute approximate surface area is 121 Å². The van der Waals surface area contributed by atoms with Crippen molar-refractivity contribution < 1.29 is 4.39 Å². The van der Waals surface area contributed by atoms with Gasteiger partial charge in [-0.25, -0.2) is 9.37 Å². The van der Waals surface area contributed by atoms with Crippen molar-refractivity contribution in [3.05, 3.63) is 59.1 Å². The molecule has 0 aliphatic heterocycles. The van der Waals surface area contributed by atoms with Crippen molar-refractivity contribution >= 4 is 16.3 Å². The number of aromatic nitrogens is 2. The van der Waals surface area contributed by atoms with Crippen molar-refractivity contribution in [1.29, 1.82) is 0 Å². The van der Waals surface area contributed by atoms with E-state index < -0.39 is 0 Å². The van der Waals surface area contributed by atoms with E-state index in [1.807, 2.05) is 35.3 Å². The minimum atomic E-state index is -0.186. The second kappa shape index (κ2) is 5.73. The first-order valence-electron chi connectivity index (χ1n) is 6.57. The van der Waals surface area contributed by atoms with Crippen LogP contribution in [0.2, 0.25) is 0 Å². The Morgan fingerprint density at radius 1 is 1.45 bits per heavy atom. The molecule has 1 aromatic carbocycles. The van der Waals surface area contributed by atoms with Crippen molar-refractivity contribution in [3.63, 3.8) is 0 Å². The van der Waals surface area contributed by atoms with Gasteiger partial charge in [-0.1, -0.05) is 12.1 Å². The predicted octanol–water partition coefficient (Wildman–Crippen LogP) is 3.08. The van der Waals surface area contributed by atoms with Crippen molar-refractivity contribution in [2.45, 2.75) is 12.3 Å². The summed E-state index contributed by atoms with van der Waals surface area (Å²) in [6.45, 7) is 0.800. The third-order valence-corrected chi connectivity index (χ3v) is 4.14. The molecule has 5 heteroatoms. The summed E-state index contributed by atoms with van der Waals surface area (Å²) in [6, 6.07) is 6.83. The van der Waals surface area contributed by atoms with E-state index in [-0.39, 0.29) is 11.7 Å². The molecule has 0 radical (unpaired) electrons. The zero-order valence-electron chi connectivity index (χ0n) is 11.2. The van der Waals surface area contributed by atoms with Gasteiger partial charge in [0, 0.05) is 30.2 Å². The van der Waals surface area contributed by atoms with Gasteiger partial charge < -0.3 is 5.32 Å². The topological polar surface area (TPSA) is 29.3 Å². The van der Waals surface area contributed by atoms with E-state index in [0.717, 1.165) is 29.2 Å². The molecule has 0 aliphatic carbocycles. The molecule has 1 N–H and O–H groups in total. The molecule has 3 nitrogen and oxygen atoms in total. The number of nitrogens with one attached hydrogen (secondary N) is 1. The van der Waals surface area contributed by atoms with Crippen LogP contribution in [0.15, 0.2) is 42.0 Å². The Morgan fingerprint density at radius 2 is 2.35 bits per heavy atom. The zero-order chi connectivity index (χ0) is 13.9. The number of halogens is 1. The second-order valence-corrected chi connectivity index (χ2v) is 5.71. The van der Waals surface area contributed by atoms with Gasteiger partial charge in [-0.05, 0) is 31.2 Å². The Morgan fingerprint density at radius 3 is 3.10 bits per heavy atom. The summed E-state index contributed by atoms with van der Waals surface area (Å²) in [7, 11) is 1.91. The summed E-state index contributed by atoms with van der Waals surface area (Å²) >= 11 is 1.62. The van der Waals surface area contributed by atoms with E-state index in [0.29, 0.717) is 0 Å². The molecule has 3 aromatic rings. The minimum absolute atomic E-state index is 0.186. The monoisotopic (exact) mass is 289 g/mol. The second-order valence-electron chi connectivity index (χ2n) is 4.84. The predicted molar refractivity (Wildman–Crippen MR) is 79.8 cm³/mol. The number of imidazole rings is 1. The quantitative estimate of drug-likeness (QED) is 0.782. The molecule has 3 rings (SSSR count). The fraction of sp³-hybridized carbons (Fsp3) is 0.267. The van der Waals surface area contributed by atoms with Crippen LogP contribution in [0, 0.1) is 5.82 Å². The molecule has 0 bridgehead atoms. The van der Waals surface area contributed by atoms with Crippen molar-refractivity contribution in [3.8, 4) is 0 Å². The minimum Gasteiger partial charge on any atom is -0.319 e. The molecule has 2 heterocycles. The molecular formula is C15H16FN3S. The summed E-state index contributed by atoms with van der Waals surface area (Å²) in [5.74, 6) is 0.0368. The summed E-state index contributed by atoms with van der Waals surface area (Å²) in [6.07, 6.45) is 4.86. The van der Waals surface area contributed by atoms with Crippen molar-refractivity contribution in [1.82, 2.24) is 14.7 Å². The zero-order valence-corrected chi connectivity index (χ0v) is 12.0. The van der Waals surface area contributed by atoms with Crippen LogP contribution in [-0.2, 0) is 6.42 Å². The number of hydrogen-bond acceptors (Lipinski definition) is 3. The summed E-state index contributed by atoms with van der Waals surface area (Å²) in [5.41, 5.74) is 2.05. The third-order valence-electron chi connectivity index (χ3n) is 3.37. The van der Waals surface area contributed by atoms with E-state index in [1.165, 1.54) is 6.07 Å². The van der Waals surface area contributed by atoms with Crippen molar-refractivity contribution in [2.75, 3.05) is 13.6 Å². The number of nitrogens with zero attached hydrogens (tertiary/aromatic N) is 2. The van der Waals surface area contributed by atoms with Crippen LogP contribution < -0.4 is 5.32 Å². The fourth-order valence-electron chi connectivity index (χ4n) is 2.44. The molecular weight excluding hydrogens is 273 g/mol.